The third-order valence-corrected chi connectivity index (χ3v) is 5.07. The molecule has 1 aromatic carbocycles. The number of sulfone groups is 1. The first kappa shape index (κ1) is 18.2. The standard InChI is InChI=1S/C15H21NO5S/c1-3-5-10-22(20,21)12-8-6-11(7-9-12)14(17)16-13(4-2)15(18)19/h6-9,13H,3-5,10H2,1-2H3,(H,16,17)(H,18,19). The summed E-state index contributed by atoms with van der Waals surface area (Å²) in [4.78, 5) is 23.0. The van der Waals surface area contributed by atoms with Gasteiger partial charge in [-0.05, 0) is 37.1 Å². The van der Waals surface area contributed by atoms with E-state index in [1.165, 1.54) is 24.3 Å². The molecule has 6 nitrogen and oxygen atoms in total. The van der Waals surface area contributed by atoms with Crippen molar-refractivity contribution in [3.05, 3.63) is 29.8 Å². The Morgan fingerprint density at radius 2 is 1.77 bits per heavy atom. The van der Waals surface area contributed by atoms with Gasteiger partial charge in [0.05, 0.1) is 10.6 Å². The zero-order valence-corrected chi connectivity index (χ0v) is 13.5. The lowest BCUT2D eigenvalue weighted by atomic mass is 10.1. The number of carboxylic acids is 1. The van der Waals surface area contributed by atoms with Gasteiger partial charge in [-0.15, -0.1) is 0 Å². The molecule has 0 spiro atoms. The lowest BCUT2D eigenvalue weighted by molar-refractivity contribution is -0.139. The molecule has 0 aliphatic carbocycles. The van der Waals surface area contributed by atoms with Crippen molar-refractivity contribution >= 4 is 21.7 Å². The van der Waals surface area contributed by atoms with E-state index in [9.17, 15) is 18.0 Å². The van der Waals surface area contributed by atoms with Crippen LogP contribution < -0.4 is 5.32 Å². The van der Waals surface area contributed by atoms with Gasteiger partial charge in [-0.2, -0.15) is 0 Å². The van der Waals surface area contributed by atoms with Gasteiger partial charge in [-0.1, -0.05) is 20.3 Å². The Hall–Kier alpha value is -1.89. The molecule has 0 bridgehead atoms. The van der Waals surface area contributed by atoms with E-state index in [0.29, 0.717) is 6.42 Å². The third-order valence-electron chi connectivity index (χ3n) is 3.25. The first-order chi connectivity index (χ1) is 10.3. The van der Waals surface area contributed by atoms with Gasteiger partial charge in [0, 0.05) is 5.56 Å². The minimum Gasteiger partial charge on any atom is -0.480 e. The minimum absolute atomic E-state index is 0.0754. The van der Waals surface area contributed by atoms with E-state index in [0.717, 1.165) is 6.42 Å². The number of rotatable bonds is 8. The maximum atomic E-state index is 12.0. The summed E-state index contributed by atoms with van der Waals surface area (Å²) in [6.07, 6.45) is 1.64. The average Bonchev–Trinajstić information content (AvgIpc) is 2.50. The summed E-state index contributed by atoms with van der Waals surface area (Å²) in [5, 5.41) is 11.3. The molecule has 0 aliphatic rings. The molecule has 1 atom stereocenters. The van der Waals surface area contributed by atoms with Gasteiger partial charge in [0.25, 0.3) is 5.91 Å². The first-order valence-corrected chi connectivity index (χ1v) is 8.83. The second kappa shape index (κ2) is 7.93. The fraction of sp³-hybridized carbons (Fsp3) is 0.467. The molecule has 0 saturated carbocycles. The zero-order chi connectivity index (χ0) is 16.8. The molecule has 0 aromatic heterocycles. The number of carboxylic acid groups (broad SMARTS) is 1. The van der Waals surface area contributed by atoms with E-state index >= 15 is 0 Å². The smallest absolute Gasteiger partial charge is 0.326 e. The summed E-state index contributed by atoms with van der Waals surface area (Å²) in [5.74, 6) is -1.56. The van der Waals surface area contributed by atoms with Gasteiger partial charge >= 0.3 is 5.97 Å². The van der Waals surface area contributed by atoms with Gasteiger partial charge in [-0.25, -0.2) is 13.2 Å². The molecule has 1 rings (SSSR count). The predicted molar refractivity (Wildman–Crippen MR) is 82.6 cm³/mol. The summed E-state index contributed by atoms with van der Waals surface area (Å²) in [5.41, 5.74) is 0.231. The Labute approximate surface area is 130 Å². The van der Waals surface area contributed by atoms with Crippen LogP contribution in [0.4, 0.5) is 0 Å². The number of hydrogen-bond donors (Lipinski definition) is 2. The van der Waals surface area contributed by atoms with E-state index in [4.69, 9.17) is 5.11 Å². The second-order valence-corrected chi connectivity index (χ2v) is 7.08. The molecular formula is C15H21NO5S. The van der Waals surface area contributed by atoms with Crippen LogP contribution in [0.2, 0.25) is 0 Å². The summed E-state index contributed by atoms with van der Waals surface area (Å²) in [6.45, 7) is 3.57. The molecule has 1 aromatic rings. The molecule has 22 heavy (non-hydrogen) atoms. The van der Waals surface area contributed by atoms with Gasteiger partial charge in [0.15, 0.2) is 9.84 Å². The zero-order valence-electron chi connectivity index (χ0n) is 12.7. The summed E-state index contributed by atoms with van der Waals surface area (Å²) >= 11 is 0. The molecular weight excluding hydrogens is 306 g/mol. The minimum atomic E-state index is -3.33. The normalized spacial score (nSPS) is 12.6. The van der Waals surface area contributed by atoms with E-state index in [-0.39, 0.29) is 22.6 Å². The van der Waals surface area contributed by atoms with E-state index in [1.807, 2.05) is 6.92 Å². The van der Waals surface area contributed by atoms with Crippen molar-refractivity contribution < 1.29 is 23.1 Å². The lowest BCUT2D eigenvalue weighted by Crippen LogP contribution is -2.40. The second-order valence-electron chi connectivity index (χ2n) is 4.97. The maximum absolute atomic E-state index is 12.0. The van der Waals surface area contributed by atoms with Crippen LogP contribution in [-0.2, 0) is 14.6 Å². The van der Waals surface area contributed by atoms with Crippen molar-refractivity contribution in [3.8, 4) is 0 Å². The van der Waals surface area contributed by atoms with Crippen molar-refractivity contribution in [2.75, 3.05) is 5.75 Å². The highest BCUT2D eigenvalue weighted by molar-refractivity contribution is 7.91. The van der Waals surface area contributed by atoms with Gasteiger partial charge in [0.2, 0.25) is 0 Å². The van der Waals surface area contributed by atoms with Gasteiger partial charge in [0.1, 0.15) is 6.04 Å². The largest absolute Gasteiger partial charge is 0.480 e. The molecule has 0 radical (unpaired) electrons. The predicted octanol–water partition coefficient (Wildman–Crippen LogP) is 1.85. The Morgan fingerprint density at radius 1 is 1.18 bits per heavy atom. The maximum Gasteiger partial charge on any atom is 0.326 e. The van der Waals surface area contributed by atoms with Crippen LogP contribution in [0.5, 0.6) is 0 Å². The SMILES string of the molecule is CCCCS(=O)(=O)c1ccc(C(=O)NC(CC)C(=O)O)cc1. The molecule has 2 N–H and O–H groups in total. The van der Waals surface area contributed by atoms with Crippen LogP contribution in [-0.4, -0.2) is 37.2 Å². The number of carbonyl (C=O) groups is 2. The van der Waals surface area contributed by atoms with Crippen molar-refractivity contribution in [2.45, 2.75) is 44.0 Å². The van der Waals surface area contributed by atoms with Crippen LogP contribution in [0.25, 0.3) is 0 Å². The molecule has 0 aliphatic heterocycles. The van der Waals surface area contributed by atoms with Crippen molar-refractivity contribution in [1.82, 2.24) is 5.32 Å². The van der Waals surface area contributed by atoms with Crippen LogP contribution in [0, 0.1) is 0 Å². The summed E-state index contributed by atoms with van der Waals surface area (Å²) < 4.78 is 24.0. The van der Waals surface area contributed by atoms with Crippen LogP contribution >= 0.6 is 0 Å². The summed E-state index contributed by atoms with van der Waals surface area (Å²) in [6, 6.07) is 4.58. The van der Waals surface area contributed by atoms with Gasteiger partial charge in [-0.3, -0.25) is 4.79 Å². The molecule has 1 amide bonds. The Morgan fingerprint density at radius 3 is 2.23 bits per heavy atom. The van der Waals surface area contributed by atoms with E-state index in [2.05, 4.69) is 5.32 Å². The molecule has 122 valence electrons. The Balaban J connectivity index is 2.84. The van der Waals surface area contributed by atoms with E-state index < -0.39 is 27.8 Å². The van der Waals surface area contributed by atoms with Crippen LogP contribution in [0.15, 0.2) is 29.2 Å². The lowest BCUT2D eigenvalue weighted by Gasteiger charge is -2.12. The van der Waals surface area contributed by atoms with Crippen LogP contribution in [0.3, 0.4) is 0 Å². The molecule has 0 saturated heterocycles. The highest BCUT2D eigenvalue weighted by Crippen LogP contribution is 2.14. The number of benzene rings is 1. The third kappa shape index (κ3) is 4.84. The molecule has 0 fully saturated rings. The Bertz CT molecular complexity index is 622. The fourth-order valence-electron chi connectivity index (χ4n) is 1.85. The highest BCUT2D eigenvalue weighted by Gasteiger charge is 2.19. The molecule has 7 heteroatoms. The van der Waals surface area contributed by atoms with Crippen molar-refractivity contribution in [1.29, 1.82) is 0 Å². The van der Waals surface area contributed by atoms with Crippen molar-refractivity contribution in [3.63, 3.8) is 0 Å². The number of unbranched alkanes of at least 4 members (excludes halogenated alkanes) is 1. The Kier molecular flexibility index (Phi) is 6.55. The monoisotopic (exact) mass is 327 g/mol. The van der Waals surface area contributed by atoms with E-state index in [1.54, 1.807) is 6.92 Å². The number of aliphatic carboxylic acids is 1. The molecule has 1 unspecified atom stereocenters. The van der Waals surface area contributed by atoms with Gasteiger partial charge < -0.3 is 10.4 Å². The van der Waals surface area contributed by atoms with Crippen molar-refractivity contribution in [2.24, 2.45) is 0 Å². The average molecular weight is 327 g/mol. The van der Waals surface area contributed by atoms with Crippen LogP contribution in [0.1, 0.15) is 43.5 Å². The number of hydrogen-bond acceptors (Lipinski definition) is 4. The topological polar surface area (TPSA) is 101 Å². The molecule has 0 heterocycles. The number of nitrogens with one attached hydrogen (secondary N) is 1. The fourth-order valence-corrected chi connectivity index (χ4v) is 3.30. The summed E-state index contributed by atoms with van der Waals surface area (Å²) in [7, 11) is -3.33. The highest BCUT2D eigenvalue weighted by atomic mass is 32.2. The number of amides is 1. The number of carbonyl (C=O) groups excluding carboxylic acids is 1. The first-order valence-electron chi connectivity index (χ1n) is 7.18. The quantitative estimate of drug-likeness (QED) is 0.759.